The molecule has 2 aromatic rings. The van der Waals surface area contributed by atoms with Crippen LogP contribution in [-0.4, -0.2) is 9.78 Å². The standard InChI is InChI=1S/C13H15BrClN3O/c1-8-13(15)12(18(2)17-8)7-19-10-3-4-11(14)9(5-10)6-16/h3-5H,6-7,16H2,1-2H3. The maximum absolute atomic E-state index is 6.17. The molecule has 19 heavy (non-hydrogen) atoms. The lowest BCUT2D eigenvalue weighted by Crippen LogP contribution is -2.04. The largest absolute Gasteiger partial charge is 0.487 e. The highest BCUT2D eigenvalue weighted by Gasteiger charge is 2.11. The topological polar surface area (TPSA) is 53.1 Å². The third-order valence-electron chi connectivity index (χ3n) is 2.87. The maximum Gasteiger partial charge on any atom is 0.131 e. The predicted octanol–water partition coefficient (Wildman–Crippen LogP) is 3.18. The van der Waals surface area contributed by atoms with Gasteiger partial charge in [-0.15, -0.1) is 0 Å². The van der Waals surface area contributed by atoms with Crippen LogP contribution in [0, 0.1) is 6.92 Å². The minimum atomic E-state index is 0.377. The summed E-state index contributed by atoms with van der Waals surface area (Å²) >= 11 is 9.62. The van der Waals surface area contributed by atoms with Gasteiger partial charge in [0.15, 0.2) is 0 Å². The Morgan fingerprint density at radius 3 is 2.79 bits per heavy atom. The third kappa shape index (κ3) is 3.11. The lowest BCUT2D eigenvalue weighted by atomic mass is 10.2. The molecule has 0 spiro atoms. The maximum atomic E-state index is 6.17. The van der Waals surface area contributed by atoms with Crippen molar-refractivity contribution in [2.24, 2.45) is 12.8 Å². The van der Waals surface area contributed by atoms with Crippen molar-refractivity contribution in [1.82, 2.24) is 9.78 Å². The zero-order valence-corrected chi connectivity index (χ0v) is 13.1. The van der Waals surface area contributed by atoms with Crippen molar-refractivity contribution in [3.8, 4) is 5.75 Å². The van der Waals surface area contributed by atoms with Crippen molar-refractivity contribution in [3.05, 3.63) is 44.6 Å². The van der Waals surface area contributed by atoms with Crippen LogP contribution in [0.3, 0.4) is 0 Å². The van der Waals surface area contributed by atoms with Crippen molar-refractivity contribution in [2.75, 3.05) is 0 Å². The summed E-state index contributed by atoms with van der Waals surface area (Å²) in [5.41, 5.74) is 8.33. The second-order valence-corrected chi connectivity index (χ2v) is 5.45. The molecule has 4 nitrogen and oxygen atoms in total. The molecule has 0 amide bonds. The van der Waals surface area contributed by atoms with Crippen molar-refractivity contribution in [3.63, 3.8) is 0 Å². The summed E-state index contributed by atoms with van der Waals surface area (Å²) in [6, 6.07) is 5.73. The van der Waals surface area contributed by atoms with Crippen LogP contribution in [0.5, 0.6) is 5.75 Å². The van der Waals surface area contributed by atoms with Crippen LogP contribution in [-0.2, 0) is 20.2 Å². The van der Waals surface area contributed by atoms with E-state index in [1.807, 2.05) is 32.2 Å². The van der Waals surface area contributed by atoms with E-state index < -0.39 is 0 Å². The molecule has 0 atom stereocenters. The van der Waals surface area contributed by atoms with Gasteiger partial charge in [0, 0.05) is 18.1 Å². The molecule has 0 aliphatic rings. The first-order chi connectivity index (χ1) is 9.02. The lowest BCUT2D eigenvalue weighted by molar-refractivity contribution is 0.294. The first-order valence-corrected chi connectivity index (χ1v) is 6.99. The number of aromatic nitrogens is 2. The number of nitrogens with zero attached hydrogens (tertiary/aromatic N) is 2. The summed E-state index contributed by atoms with van der Waals surface area (Å²) in [6.07, 6.45) is 0. The van der Waals surface area contributed by atoms with E-state index in [2.05, 4.69) is 21.0 Å². The molecule has 1 heterocycles. The molecule has 102 valence electrons. The van der Waals surface area contributed by atoms with Gasteiger partial charge in [-0.2, -0.15) is 5.10 Å². The molecule has 2 rings (SSSR count). The van der Waals surface area contributed by atoms with Crippen molar-refractivity contribution < 1.29 is 4.74 Å². The molecule has 0 aliphatic heterocycles. The van der Waals surface area contributed by atoms with Crippen LogP contribution in [0.4, 0.5) is 0 Å². The summed E-state index contributed by atoms with van der Waals surface area (Å²) in [4.78, 5) is 0. The Hall–Kier alpha value is -1.04. The highest BCUT2D eigenvalue weighted by atomic mass is 79.9. The van der Waals surface area contributed by atoms with E-state index in [4.69, 9.17) is 22.1 Å². The number of halogens is 2. The van der Waals surface area contributed by atoms with Gasteiger partial charge in [-0.05, 0) is 30.7 Å². The number of rotatable bonds is 4. The van der Waals surface area contributed by atoms with E-state index in [1.165, 1.54) is 0 Å². The number of ether oxygens (including phenoxy) is 1. The second-order valence-electron chi connectivity index (χ2n) is 4.22. The molecule has 0 saturated heterocycles. The van der Waals surface area contributed by atoms with Crippen molar-refractivity contribution >= 4 is 27.5 Å². The van der Waals surface area contributed by atoms with Gasteiger partial charge in [0.05, 0.1) is 16.4 Å². The summed E-state index contributed by atoms with van der Waals surface area (Å²) in [5, 5.41) is 4.90. The fraction of sp³-hybridized carbons (Fsp3) is 0.308. The summed E-state index contributed by atoms with van der Waals surface area (Å²) in [5.74, 6) is 0.763. The highest BCUT2D eigenvalue weighted by Crippen LogP contribution is 2.25. The van der Waals surface area contributed by atoms with Gasteiger partial charge >= 0.3 is 0 Å². The summed E-state index contributed by atoms with van der Waals surface area (Å²) in [7, 11) is 1.85. The monoisotopic (exact) mass is 343 g/mol. The molecule has 2 N–H and O–H groups in total. The van der Waals surface area contributed by atoms with Gasteiger partial charge in [0.1, 0.15) is 12.4 Å². The molecule has 0 radical (unpaired) electrons. The fourth-order valence-corrected chi connectivity index (χ4v) is 2.41. The van der Waals surface area contributed by atoms with E-state index in [0.717, 1.165) is 27.2 Å². The van der Waals surface area contributed by atoms with E-state index in [-0.39, 0.29) is 0 Å². The summed E-state index contributed by atoms with van der Waals surface area (Å²) < 4.78 is 8.46. The predicted molar refractivity (Wildman–Crippen MR) is 79.3 cm³/mol. The Kier molecular flexibility index (Phi) is 4.50. The molecular weight excluding hydrogens is 330 g/mol. The van der Waals surface area contributed by atoms with Gasteiger partial charge in [0.25, 0.3) is 0 Å². The summed E-state index contributed by atoms with van der Waals surface area (Å²) in [6.45, 7) is 2.71. The Morgan fingerprint density at radius 2 is 2.21 bits per heavy atom. The Morgan fingerprint density at radius 1 is 1.47 bits per heavy atom. The van der Waals surface area contributed by atoms with Crippen LogP contribution in [0.1, 0.15) is 17.0 Å². The van der Waals surface area contributed by atoms with Crippen molar-refractivity contribution in [1.29, 1.82) is 0 Å². The molecule has 1 aromatic heterocycles. The Labute approximate surface area is 125 Å². The number of aryl methyl sites for hydroxylation is 2. The van der Waals surface area contributed by atoms with Gasteiger partial charge in [-0.25, -0.2) is 0 Å². The molecule has 1 aromatic carbocycles. The molecule has 6 heteroatoms. The van der Waals surface area contributed by atoms with Crippen LogP contribution in [0.2, 0.25) is 5.02 Å². The van der Waals surface area contributed by atoms with Crippen LogP contribution in [0.15, 0.2) is 22.7 Å². The van der Waals surface area contributed by atoms with Gasteiger partial charge in [0.2, 0.25) is 0 Å². The Balaban J connectivity index is 2.14. The molecular formula is C13H15BrClN3O. The smallest absolute Gasteiger partial charge is 0.131 e. The van der Waals surface area contributed by atoms with Crippen LogP contribution in [0.25, 0.3) is 0 Å². The van der Waals surface area contributed by atoms with Crippen LogP contribution < -0.4 is 10.5 Å². The number of hydrogen-bond acceptors (Lipinski definition) is 3. The van der Waals surface area contributed by atoms with Crippen LogP contribution >= 0.6 is 27.5 Å². The van der Waals surface area contributed by atoms with Gasteiger partial charge in [-0.1, -0.05) is 27.5 Å². The van der Waals surface area contributed by atoms with Crippen molar-refractivity contribution in [2.45, 2.75) is 20.1 Å². The minimum absolute atomic E-state index is 0.377. The van der Waals surface area contributed by atoms with E-state index in [0.29, 0.717) is 18.2 Å². The quantitative estimate of drug-likeness (QED) is 0.927. The van der Waals surface area contributed by atoms with E-state index in [1.54, 1.807) is 4.68 Å². The average molecular weight is 345 g/mol. The zero-order chi connectivity index (χ0) is 14.0. The molecule has 0 bridgehead atoms. The number of hydrogen-bond donors (Lipinski definition) is 1. The van der Waals surface area contributed by atoms with E-state index >= 15 is 0 Å². The third-order valence-corrected chi connectivity index (χ3v) is 4.14. The first kappa shape index (κ1) is 14.4. The fourth-order valence-electron chi connectivity index (χ4n) is 1.79. The Bertz CT molecular complexity index is 598. The first-order valence-electron chi connectivity index (χ1n) is 5.82. The SMILES string of the molecule is Cc1nn(C)c(COc2ccc(Br)c(CN)c2)c1Cl. The molecule has 0 saturated carbocycles. The number of benzene rings is 1. The molecule has 0 fully saturated rings. The molecule has 0 aliphatic carbocycles. The zero-order valence-electron chi connectivity index (χ0n) is 10.8. The number of nitrogens with two attached hydrogens (primary N) is 1. The van der Waals surface area contributed by atoms with Gasteiger partial charge in [-0.3, -0.25) is 4.68 Å². The lowest BCUT2D eigenvalue weighted by Gasteiger charge is -2.09. The highest BCUT2D eigenvalue weighted by molar-refractivity contribution is 9.10. The second kappa shape index (κ2) is 5.94. The average Bonchev–Trinajstić information content (AvgIpc) is 2.63. The van der Waals surface area contributed by atoms with Gasteiger partial charge < -0.3 is 10.5 Å². The minimum Gasteiger partial charge on any atom is -0.487 e. The normalized spacial score (nSPS) is 10.8. The molecule has 0 unspecified atom stereocenters. The van der Waals surface area contributed by atoms with E-state index in [9.17, 15) is 0 Å².